The number of fused-ring (bicyclic) bond motifs is 1. The van der Waals surface area contributed by atoms with Crippen LogP contribution in [0.2, 0.25) is 0 Å². The number of likely N-dealkylation sites (tertiary alicyclic amines) is 2. The van der Waals surface area contributed by atoms with Crippen molar-refractivity contribution in [1.29, 1.82) is 0 Å². The Morgan fingerprint density at radius 1 is 0.796 bits per heavy atom. The van der Waals surface area contributed by atoms with Crippen LogP contribution in [0.3, 0.4) is 0 Å². The zero-order chi connectivity index (χ0) is 37.3. The summed E-state index contributed by atoms with van der Waals surface area (Å²) in [7, 11) is 2.57. The van der Waals surface area contributed by atoms with Crippen molar-refractivity contribution in [3.05, 3.63) is 72.6 Å². The van der Waals surface area contributed by atoms with Gasteiger partial charge in [-0.05, 0) is 74.3 Å². The molecule has 5 aromatic rings. The lowest BCUT2D eigenvalue weighted by Gasteiger charge is -2.28. The second kappa shape index (κ2) is 14.7. The second-order valence-corrected chi connectivity index (χ2v) is 14.0. The molecule has 3 aliphatic rings. The highest BCUT2D eigenvalue weighted by atomic mass is 16.5. The number of carbonyl (C=O) groups is 4. The molecule has 0 bridgehead atoms. The molecule has 54 heavy (non-hydrogen) atoms. The number of rotatable bonds is 10. The van der Waals surface area contributed by atoms with E-state index in [0.717, 1.165) is 89.2 Å². The molecule has 2 aromatic carbocycles. The standard InChI is InChI=1S/C39H42N8O7/c1-52-38(50)42-21-33(48)46-15-3-5-29(46)35-40-19-27(43-35)22-7-9-23(10-8-22)32-18-26-17-25(13-14-31(26)54-32)28-20-41-36(44-28)30-6-4-16-47(30)37(49)34(24-11-12-24)45-39(51)53-2/h7-10,13-14,17-20,24,29-30,34H,3-6,11-12,15-16,21H2,1-2H3,(H,40,43)(H,41,44)(H,42,50)(H,45,51)/t29-,30-,34?/m0/s1. The number of hydrogen-bond donors (Lipinski definition) is 4. The number of aromatic nitrogens is 4. The van der Waals surface area contributed by atoms with Crippen molar-refractivity contribution in [2.24, 2.45) is 5.92 Å². The van der Waals surface area contributed by atoms with Crippen LogP contribution in [0.25, 0.3) is 44.8 Å². The first kappa shape index (κ1) is 34.9. The predicted octanol–water partition coefficient (Wildman–Crippen LogP) is 5.70. The summed E-state index contributed by atoms with van der Waals surface area (Å²) in [5, 5.41) is 6.15. The number of benzene rings is 2. The summed E-state index contributed by atoms with van der Waals surface area (Å²) in [6, 6.07) is 15.0. The quantitative estimate of drug-likeness (QED) is 0.140. The first-order valence-corrected chi connectivity index (χ1v) is 18.3. The van der Waals surface area contributed by atoms with Crippen LogP contribution in [0.5, 0.6) is 0 Å². The Labute approximate surface area is 310 Å². The SMILES string of the molecule is COC(=O)NCC(=O)N1CCC[C@H]1c1ncc(-c2ccc(-c3cc4cc(-c5cnc([C@@H]6CCCN6C(=O)C(NC(=O)OC)C6CC6)[nH]5)ccc4o3)cc2)[nH]1. The summed E-state index contributed by atoms with van der Waals surface area (Å²) in [6.07, 6.45) is 7.43. The summed E-state index contributed by atoms with van der Waals surface area (Å²) in [5.41, 5.74) is 5.24. The third-order valence-electron chi connectivity index (χ3n) is 10.6. The largest absolute Gasteiger partial charge is 0.456 e. The molecule has 280 valence electrons. The number of furan rings is 1. The number of alkyl carbamates (subject to hydrolysis) is 2. The summed E-state index contributed by atoms with van der Waals surface area (Å²) < 4.78 is 15.6. The number of imidazole rings is 2. The predicted molar refractivity (Wildman–Crippen MR) is 197 cm³/mol. The highest BCUT2D eigenvalue weighted by Gasteiger charge is 2.43. The van der Waals surface area contributed by atoms with Crippen LogP contribution in [-0.4, -0.2) is 93.6 Å². The van der Waals surface area contributed by atoms with Gasteiger partial charge < -0.3 is 44.3 Å². The van der Waals surface area contributed by atoms with Gasteiger partial charge in [0, 0.05) is 29.6 Å². The van der Waals surface area contributed by atoms with Crippen molar-refractivity contribution in [2.45, 2.75) is 56.7 Å². The molecule has 1 aliphatic carbocycles. The van der Waals surface area contributed by atoms with E-state index in [-0.39, 0.29) is 36.4 Å². The molecular weight excluding hydrogens is 692 g/mol. The summed E-state index contributed by atoms with van der Waals surface area (Å²) in [4.78, 5) is 69.5. The zero-order valence-corrected chi connectivity index (χ0v) is 30.1. The first-order valence-electron chi connectivity index (χ1n) is 18.3. The minimum Gasteiger partial charge on any atom is -0.456 e. The molecular formula is C39H42N8O7. The average molecular weight is 735 g/mol. The van der Waals surface area contributed by atoms with E-state index in [4.69, 9.17) is 14.1 Å². The van der Waals surface area contributed by atoms with Crippen LogP contribution in [0.1, 0.15) is 62.3 Å². The maximum Gasteiger partial charge on any atom is 0.407 e. The molecule has 5 heterocycles. The van der Waals surface area contributed by atoms with Crippen LogP contribution >= 0.6 is 0 Å². The van der Waals surface area contributed by atoms with Crippen molar-refractivity contribution >= 4 is 35.0 Å². The fourth-order valence-corrected chi connectivity index (χ4v) is 7.63. The van der Waals surface area contributed by atoms with Gasteiger partial charge in [-0.15, -0.1) is 0 Å². The van der Waals surface area contributed by atoms with Gasteiger partial charge in [0.05, 0.1) is 50.1 Å². The Kier molecular flexibility index (Phi) is 9.52. The van der Waals surface area contributed by atoms with Crippen LogP contribution < -0.4 is 10.6 Å². The van der Waals surface area contributed by atoms with Gasteiger partial charge in [0.2, 0.25) is 11.8 Å². The van der Waals surface area contributed by atoms with Gasteiger partial charge in [0.15, 0.2) is 0 Å². The first-order chi connectivity index (χ1) is 26.3. The van der Waals surface area contributed by atoms with Crippen LogP contribution in [0.15, 0.2) is 65.3 Å². The number of nitrogens with zero attached hydrogens (tertiary/aromatic N) is 4. The summed E-state index contributed by atoms with van der Waals surface area (Å²) >= 11 is 0. The molecule has 2 saturated heterocycles. The zero-order valence-electron chi connectivity index (χ0n) is 30.1. The van der Waals surface area contributed by atoms with Gasteiger partial charge in [-0.1, -0.05) is 24.3 Å². The number of ether oxygens (including phenoxy) is 2. The maximum atomic E-state index is 13.6. The van der Waals surface area contributed by atoms with E-state index in [0.29, 0.717) is 18.9 Å². The number of nitrogens with one attached hydrogen (secondary N) is 4. The fourth-order valence-electron chi connectivity index (χ4n) is 7.63. The van der Waals surface area contributed by atoms with Crippen molar-refractivity contribution in [3.63, 3.8) is 0 Å². The van der Waals surface area contributed by atoms with Gasteiger partial charge in [-0.3, -0.25) is 9.59 Å². The van der Waals surface area contributed by atoms with Gasteiger partial charge in [0.1, 0.15) is 35.6 Å². The number of hydrogen-bond acceptors (Lipinski definition) is 9. The Balaban J connectivity index is 0.940. The molecule has 1 unspecified atom stereocenters. The molecule has 3 aromatic heterocycles. The third-order valence-corrected chi connectivity index (χ3v) is 10.6. The van der Waals surface area contributed by atoms with E-state index < -0.39 is 18.2 Å². The Morgan fingerprint density at radius 2 is 1.41 bits per heavy atom. The number of carbonyl (C=O) groups excluding carboxylic acids is 4. The highest BCUT2D eigenvalue weighted by Crippen LogP contribution is 2.38. The van der Waals surface area contributed by atoms with Crippen LogP contribution in [-0.2, 0) is 19.1 Å². The van der Waals surface area contributed by atoms with Crippen molar-refractivity contribution < 1.29 is 33.1 Å². The van der Waals surface area contributed by atoms with E-state index in [1.165, 1.54) is 14.2 Å². The second-order valence-electron chi connectivity index (χ2n) is 14.0. The monoisotopic (exact) mass is 734 g/mol. The van der Waals surface area contributed by atoms with Crippen molar-refractivity contribution in [3.8, 4) is 33.8 Å². The number of H-pyrrole nitrogens is 2. The van der Waals surface area contributed by atoms with E-state index in [9.17, 15) is 19.2 Å². The van der Waals surface area contributed by atoms with Gasteiger partial charge >= 0.3 is 12.2 Å². The van der Waals surface area contributed by atoms with Crippen LogP contribution in [0.4, 0.5) is 9.59 Å². The topological polar surface area (TPSA) is 188 Å². The molecule has 0 radical (unpaired) electrons. The molecule has 8 rings (SSSR count). The molecule has 3 atom stereocenters. The molecule has 2 aliphatic heterocycles. The van der Waals surface area contributed by atoms with Crippen LogP contribution in [0, 0.1) is 5.92 Å². The molecule has 0 spiro atoms. The Morgan fingerprint density at radius 3 is 2.07 bits per heavy atom. The number of methoxy groups -OCH3 is 2. The van der Waals surface area contributed by atoms with Gasteiger partial charge in [-0.2, -0.15) is 0 Å². The molecule has 4 N–H and O–H groups in total. The minimum absolute atomic E-state index is 0.0883. The molecule has 1 saturated carbocycles. The maximum absolute atomic E-state index is 13.6. The lowest BCUT2D eigenvalue weighted by atomic mass is 10.1. The normalized spacial score (nSPS) is 18.9. The summed E-state index contributed by atoms with van der Waals surface area (Å²) in [6.45, 7) is 1.08. The fraction of sp³-hybridized carbons (Fsp3) is 0.385. The van der Waals surface area contributed by atoms with E-state index in [1.54, 1.807) is 17.3 Å². The average Bonchev–Trinajstić information content (AvgIpc) is 3.80. The Bertz CT molecular complexity index is 2190. The molecule has 15 nitrogen and oxygen atoms in total. The summed E-state index contributed by atoms with van der Waals surface area (Å²) in [5.74, 6) is 2.03. The number of aromatic amines is 2. The third kappa shape index (κ3) is 7.00. The highest BCUT2D eigenvalue weighted by molar-refractivity contribution is 5.88. The van der Waals surface area contributed by atoms with Crippen molar-refractivity contribution in [1.82, 2.24) is 40.4 Å². The van der Waals surface area contributed by atoms with Gasteiger partial charge in [-0.25, -0.2) is 19.6 Å². The van der Waals surface area contributed by atoms with Gasteiger partial charge in [0.25, 0.3) is 0 Å². The molecule has 4 amide bonds. The Hall–Kier alpha value is -6.12. The molecule has 15 heteroatoms. The van der Waals surface area contributed by atoms with E-state index in [1.807, 2.05) is 47.4 Å². The van der Waals surface area contributed by atoms with Crippen molar-refractivity contribution in [2.75, 3.05) is 33.9 Å². The minimum atomic E-state index is -0.642. The van der Waals surface area contributed by atoms with E-state index >= 15 is 0 Å². The van der Waals surface area contributed by atoms with E-state index in [2.05, 4.69) is 36.4 Å². The molecule has 3 fully saturated rings. The lowest BCUT2D eigenvalue weighted by Crippen LogP contribution is -2.49. The lowest BCUT2D eigenvalue weighted by molar-refractivity contribution is -0.135. The smallest absolute Gasteiger partial charge is 0.407 e. The number of amides is 4.